The molecule has 1 aliphatic rings. The molecule has 3 atom stereocenters. The summed E-state index contributed by atoms with van der Waals surface area (Å²) in [6.07, 6.45) is 1.03. The summed E-state index contributed by atoms with van der Waals surface area (Å²) in [5.41, 5.74) is 1.81. The number of alkyl carbamates (subject to hydrolysis) is 1. The number of nitrogens with zero attached hydrogens (tertiary/aromatic N) is 1. The quantitative estimate of drug-likeness (QED) is 0.725. The van der Waals surface area contributed by atoms with E-state index in [2.05, 4.69) is 34.9 Å². The Kier molecular flexibility index (Phi) is 7.91. The van der Waals surface area contributed by atoms with Crippen LogP contribution in [-0.2, 0) is 22.4 Å². The Balaban J connectivity index is 1.71. The van der Waals surface area contributed by atoms with E-state index in [1.54, 1.807) is 27.7 Å². The molecule has 0 spiro atoms. The molecule has 6 nitrogen and oxygen atoms in total. The minimum Gasteiger partial charge on any atom is -0.444 e. The van der Waals surface area contributed by atoms with Crippen LogP contribution in [0.25, 0.3) is 0 Å². The molecule has 2 aromatic rings. The summed E-state index contributed by atoms with van der Waals surface area (Å²) in [5, 5.41) is 6.34. The van der Waals surface area contributed by atoms with Crippen molar-refractivity contribution in [3.8, 4) is 0 Å². The van der Waals surface area contributed by atoms with Crippen LogP contribution in [0.3, 0.4) is 0 Å². The van der Waals surface area contributed by atoms with Crippen LogP contribution < -0.4 is 10.6 Å². The van der Waals surface area contributed by atoms with Gasteiger partial charge in [0.25, 0.3) is 0 Å². The van der Waals surface area contributed by atoms with Gasteiger partial charge in [0.2, 0.25) is 5.91 Å². The molecule has 1 aliphatic heterocycles. The molecule has 1 heterocycles. The Hall–Kier alpha value is -2.86. The number of rotatable bonds is 6. The molecule has 2 N–H and O–H groups in total. The molecule has 0 radical (unpaired) electrons. The van der Waals surface area contributed by atoms with Crippen LogP contribution >= 0.6 is 0 Å². The number of amides is 2. The van der Waals surface area contributed by atoms with Crippen molar-refractivity contribution >= 4 is 12.0 Å². The van der Waals surface area contributed by atoms with E-state index in [1.807, 2.05) is 41.3 Å². The molecular weight excluding hydrogens is 402 g/mol. The summed E-state index contributed by atoms with van der Waals surface area (Å²) in [6.45, 7) is 8.43. The number of piperazine rings is 1. The number of carbonyl (C=O) groups is 2. The van der Waals surface area contributed by atoms with Crippen LogP contribution in [0.4, 0.5) is 4.79 Å². The lowest BCUT2D eigenvalue weighted by molar-refractivity contribution is -0.137. The fraction of sp³-hybridized carbons (Fsp3) is 0.462. The molecule has 172 valence electrons. The molecule has 0 saturated carbocycles. The van der Waals surface area contributed by atoms with Gasteiger partial charge in [-0.05, 0) is 51.7 Å². The van der Waals surface area contributed by atoms with E-state index < -0.39 is 17.7 Å². The smallest absolute Gasteiger partial charge is 0.408 e. The van der Waals surface area contributed by atoms with E-state index in [-0.39, 0.29) is 18.0 Å². The van der Waals surface area contributed by atoms with Gasteiger partial charge in [-0.25, -0.2) is 4.79 Å². The third-order valence-corrected chi connectivity index (χ3v) is 5.53. The highest BCUT2D eigenvalue weighted by Crippen LogP contribution is 2.17. The third-order valence-electron chi connectivity index (χ3n) is 5.53. The van der Waals surface area contributed by atoms with Crippen molar-refractivity contribution in [2.24, 2.45) is 0 Å². The predicted molar refractivity (Wildman–Crippen MR) is 126 cm³/mol. The van der Waals surface area contributed by atoms with Gasteiger partial charge < -0.3 is 20.3 Å². The topological polar surface area (TPSA) is 70.7 Å². The van der Waals surface area contributed by atoms with Gasteiger partial charge in [-0.1, -0.05) is 60.7 Å². The van der Waals surface area contributed by atoms with Gasteiger partial charge in [-0.15, -0.1) is 0 Å². The van der Waals surface area contributed by atoms with Crippen LogP contribution in [0.1, 0.15) is 38.8 Å². The first-order chi connectivity index (χ1) is 15.2. The normalized spacial score (nSPS) is 19.8. The molecule has 0 aromatic heterocycles. The van der Waals surface area contributed by atoms with Crippen LogP contribution in [0.15, 0.2) is 60.7 Å². The lowest BCUT2D eigenvalue weighted by Gasteiger charge is -2.42. The van der Waals surface area contributed by atoms with Gasteiger partial charge in [0, 0.05) is 25.2 Å². The maximum atomic E-state index is 13.4. The standard InChI is InChI=1S/C26H35N3O3/c1-19(28-25(31)32-26(2,3)4)24(30)29-18-22(15-20-11-7-5-8-12-20)27-17-23(29)16-21-13-9-6-10-14-21/h5-14,19,22-23,27H,15-18H2,1-4H3,(H,28,31)/t19?,22-,23+/m1/s1. The van der Waals surface area contributed by atoms with E-state index in [1.165, 1.54) is 11.1 Å². The van der Waals surface area contributed by atoms with Crippen molar-refractivity contribution in [2.75, 3.05) is 13.1 Å². The molecule has 32 heavy (non-hydrogen) atoms. The second-order valence-corrected chi connectivity index (χ2v) is 9.50. The Morgan fingerprint density at radius 3 is 2.16 bits per heavy atom. The number of benzene rings is 2. The molecule has 1 saturated heterocycles. The molecular formula is C26H35N3O3. The first-order valence-electron chi connectivity index (χ1n) is 11.3. The molecule has 0 aliphatic carbocycles. The van der Waals surface area contributed by atoms with E-state index >= 15 is 0 Å². The predicted octanol–water partition coefficient (Wildman–Crippen LogP) is 3.55. The summed E-state index contributed by atoms with van der Waals surface area (Å²) in [7, 11) is 0. The Labute approximate surface area is 191 Å². The molecule has 0 bridgehead atoms. The second kappa shape index (κ2) is 10.6. The first-order valence-corrected chi connectivity index (χ1v) is 11.3. The van der Waals surface area contributed by atoms with Gasteiger partial charge in [-0.3, -0.25) is 4.79 Å². The van der Waals surface area contributed by atoms with Crippen LogP contribution in [0, 0.1) is 0 Å². The number of carbonyl (C=O) groups excluding carboxylic acids is 2. The summed E-state index contributed by atoms with van der Waals surface area (Å²) in [4.78, 5) is 27.6. The Bertz CT molecular complexity index is 880. The van der Waals surface area contributed by atoms with Gasteiger partial charge in [0.05, 0.1) is 0 Å². The highest BCUT2D eigenvalue weighted by Gasteiger charge is 2.34. The van der Waals surface area contributed by atoms with Crippen LogP contribution in [-0.4, -0.2) is 53.7 Å². The van der Waals surface area contributed by atoms with E-state index in [4.69, 9.17) is 4.74 Å². The van der Waals surface area contributed by atoms with Crippen molar-refractivity contribution in [1.29, 1.82) is 0 Å². The molecule has 1 fully saturated rings. The Morgan fingerprint density at radius 2 is 1.59 bits per heavy atom. The van der Waals surface area contributed by atoms with Crippen LogP contribution in [0.5, 0.6) is 0 Å². The number of hydrogen-bond donors (Lipinski definition) is 2. The average Bonchev–Trinajstić information content (AvgIpc) is 2.74. The summed E-state index contributed by atoms with van der Waals surface area (Å²) >= 11 is 0. The fourth-order valence-electron chi connectivity index (χ4n) is 4.03. The molecule has 2 amide bonds. The van der Waals surface area contributed by atoms with Gasteiger partial charge in [0.15, 0.2) is 0 Å². The van der Waals surface area contributed by atoms with Gasteiger partial charge in [0.1, 0.15) is 11.6 Å². The fourth-order valence-corrected chi connectivity index (χ4v) is 4.03. The molecule has 2 aromatic carbocycles. The second-order valence-electron chi connectivity index (χ2n) is 9.50. The molecule has 1 unspecified atom stereocenters. The summed E-state index contributed by atoms with van der Waals surface area (Å²) < 4.78 is 5.34. The highest BCUT2D eigenvalue weighted by molar-refractivity contribution is 5.85. The van der Waals surface area contributed by atoms with Crippen molar-refractivity contribution in [1.82, 2.24) is 15.5 Å². The van der Waals surface area contributed by atoms with Crippen molar-refractivity contribution in [3.05, 3.63) is 71.8 Å². The third kappa shape index (κ3) is 7.09. The minimum absolute atomic E-state index is 0.0137. The SMILES string of the molecule is CC(NC(=O)OC(C)(C)C)C(=O)N1C[C@@H](Cc2ccccc2)NC[C@@H]1Cc1ccccc1. The van der Waals surface area contributed by atoms with E-state index in [0.29, 0.717) is 13.1 Å². The number of ether oxygens (including phenoxy) is 1. The van der Waals surface area contributed by atoms with Crippen molar-refractivity contribution in [3.63, 3.8) is 0 Å². The summed E-state index contributed by atoms with van der Waals surface area (Å²) in [5.74, 6) is -0.0867. The van der Waals surface area contributed by atoms with Crippen LogP contribution in [0.2, 0.25) is 0 Å². The monoisotopic (exact) mass is 437 g/mol. The average molecular weight is 438 g/mol. The van der Waals surface area contributed by atoms with Crippen molar-refractivity contribution < 1.29 is 14.3 Å². The van der Waals surface area contributed by atoms with Gasteiger partial charge >= 0.3 is 6.09 Å². The number of hydrogen-bond acceptors (Lipinski definition) is 4. The van der Waals surface area contributed by atoms with Crippen molar-refractivity contribution in [2.45, 2.75) is 64.3 Å². The Morgan fingerprint density at radius 1 is 1.03 bits per heavy atom. The zero-order chi connectivity index (χ0) is 23.1. The summed E-state index contributed by atoms with van der Waals surface area (Å²) in [6, 6.07) is 20.0. The van der Waals surface area contributed by atoms with E-state index in [9.17, 15) is 9.59 Å². The maximum Gasteiger partial charge on any atom is 0.408 e. The maximum absolute atomic E-state index is 13.4. The first kappa shape index (κ1) is 23.8. The molecule has 3 rings (SSSR count). The molecule has 6 heteroatoms. The number of nitrogens with one attached hydrogen (secondary N) is 2. The zero-order valence-electron chi connectivity index (χ0n) is 19.5. The van der Waals surface area contributed by atoms with E-state index in [0.717, 1.165) is 12.8 Å². The lowest BCUT2D eigenvalue weighted by atomic mass is 9.97. The largest absolute Gasteiger partial charge is 0.444 e. The van der Waals surface area contributed by atoms with Gasteiger partial charge in [-0.2, -0.15) is 0 Å². The lowest BCUT2D eigenvalue weighted by Crippen LogP contribution is -2.62. The highest BCUT2D eigenvalue weighted by atomic mass is 16.6. The minimum atomic E-state index is -0.668. The zero-order valence-corrected chi connectivity index (χ0v) is 19.5.